The zero-order valence-electron chi connectivity index (χ0n) is 17.1. The van der Waals surface area contributed by atoms with Crippen molar-refractivity contribution in [2.24, 2.45) is 5.92 Å². The topological polar surface area (TPSA) is 76.1 Å². The lowest BCUT2D eigenvalue weighted by atomic mass is 9.90. The van der Waals surface area contributed by atoms with E-state index in [-0.39, 0.29) is 6.54 Å². The summed E-state index contributed by atoms with van der Waals surface area (Å²) in [7, 11) is 0. The monoisotopic (exact) mass is 377 g/mol. The van der Waals surface area contributed by atoms with Gasteiger partial charge in [-0.15, -0.1) is 0 Å². The molecule has 6 nitrogen and oxygen atoms in total. The van der Waals surface area contributed by atoms with Crippen molar-refractivity contribution >= 4 is 12.1 Å². The van der Waals surface area contributed by atoms with Crippen LogP contribution >= 0.6 is 0 Å². The highest BCUT2D eigenvalue weighted by Crippen LogP contribution is 2.31. The smallest absolute Gasteiger partial charge is 0.411 e. The van der Waals surface area contributed by atoms with Crippen LogP contribution in [0.4, 0.5) is 4.79 Å². The fraction of sp³-hybridized carbons (Fsp3) is 0.619. The van der Waals surface area contributed by atoms with E-state index in [2.05, 4.69) is 0 Å². The van der Waals surface area contributed by atoms with Crippen LogP contribution in [0.25, 0.3) is 0 Å². The summed E-state index contributed by atoms with van der Waals surface area (Å²) in [6.45, 7) is 10.7. The lowest BCUT2D eigenvalue weighted by Gasteiger charge is -2.31. The van der Waals surface area contributed by atoms with Crippen LogP contribution in [0.15, 0.2) is 30.3 Å². The van der Waals surface area contributed by atoms with Crippen molar-refractivity contribution in [3.8, 4) is 0 Å². The van der Waals surface area contributed by atoms with Gasteiger partial charge in [0, 0.05) is 5.92 Å². The third-order valence-electron chi connectivity index (χ3n) is 4.21. The summed E-state index contributed by atoms with van der Waals surface area (Å²) in [6.07, 6.45) is -0.992. The number of ether oxygens (including phenoxy) is 2. The van der Waals surface area contributed by atoms with Gasteiger partial charge in [-0.25, -0.2) is 9.59 Å². The molecule has 1 saturated heterocycles. The number of hydrogen-bond acceptors (Lipinski definition) is 5. The Kier molecular flexibility index (Phi) is 6.20. The van der Waals surface area contributed by atoms with Gasteiger partial charge >= 0.3 is 12.1 Å². The standard InChI is InChI=1S/C21H31NO5/c1-20(2,3)26-18(24)17-15(12-14-10-8-7-9-11-14)16(23)13-22(17)19(25)27-21(4,5)6/h7-11,15-17,23H,12-13H2,1-6H3/t15-,16+,17+/m1/s1. The molecule has 1 N–H and O–H groups in total. The van der Waals surface area contributed by atoms with E-state index in [4.69, 9.17) is 9.47 Å². The Hall–Kier alpha value is -2.08. The van der Waals surface area contributed by atoms with Crippen molar-refractivity contribution in [2.45, 2.75) is 71.3 Å². The van der Waals surface area contributed by atoms with Crippen LogP contribution in [0.5, 0.6) is 0 Å². The molecule has 1 heterocycles. The Morgan fingerprint density at radius 3 is 2.11 bits per heavy atom. The van der Waals surface area contributed by atoms with Crippen LogP contribution in [-0.2, 0) is 20.7 Å². The maximum Gasteiger partial charge on any atom is 0.411 e. The van der Waals surface area contributed by atoms with Crippen LogP contribution in [0.3, 0.4) is 0 Å². The SMILES string of the molecule is CC(C)(C)OC(=O)[C@@H]1[C@H](Cc2ccccc2)[C@@H](O)CN1C(=O)OC(C)(C)C. The fourth-order valence-electron chi connectivity index (χ4n) is 3.20. The highest BCUT2D eigenvalue weighted by atomic mass is 16.6. The zero-order chi connectivity index (χ0) is 20.4. The van der Waals surface area contributed by atoms with Crippen molar-refractivity contribution < 1.29 is 24.2 Å². The lowest BCUT2D eigenvalue weighted by Crippen LogP contribution is -2.48. The first kappa shape index (κ1) is 21.2. The largest absolute Gasteiger partial charge is 0.458 e. The first-order valence-corrected chi connectivity index (χ1v) is 9.32. The molecule has 3 atom stereocenters. The van der Waals surface area contributed by atoms with E-state index >= 15 is 0 Å². The molecule has 1 aliphatic heterocycles. The van der Waals surface area contributed by atoms with Crippen LogP contribution in [0, 0.1) is 5.92 Å². The van der Waals surface area contributed by atoms with Crippen LogP contribution < -0.4 is 0 Å². The molecule has 0 bridgehead atoms. The average Bonchev–Trinajstić information content (AvgIpc) is 2.82. The number of carbonyl (C=O) groups excluding carboxylic acids is 2. The van der Waals surface area contributed by atoms with E-state index < -0.39 is 41.3 Å². The molecule has 1 amide bonds. The highest BCUT2D eigenvalue weighted by molar-refractivity contribution is 5.83. The number of hydrogen-bond donors (Lipinski definition) is 1. The predicted molar refractivity (Wildman–Crippen MR) is 102 cm³/mol. The van der Waals surface area contributed by atoms with Gasteiger partial charge in [-0.3, -0.25) is 4.90 Å². The molecule has 1 aromatic carbocycles. The number of esters is 1. The van der Waals surface area contributed by atoms with E-state index in [9.17, 15) is 14.7 Å². The highest BCUT2D eigenvalue weighted by Gasteiger charge is 2.49. The number of rotatable bonds is 3. The van der Waals surface area contributed by atoms with Gasteiger partial charge in [-0.2, -0.15) is 0 Å². The maximum atomic E-state index is 12.9. The molecular formula is C21H31NO5. The number of aliphatic hydroxyl groups excluding tert-OH is 1. The third kappa shape index (κ3) is 5.96. The van der Waals surface area contributed by atoms with Gasteiger partial charge in [0.2, 0.25) is 0 Å². The van der Waals surface area contributed by atoms with Gasteiger partial charge in [-0.05, 0) is 53.5 Å². The molecule has 2 rings (SSSR count). The van der Waals surface area contributed by atoms with Crippen molar-refractivity contribution in [2.75, 3.05) is 6.54 Å². The number of benzene rings is 1. The normalized spacial score (nSPS) is 23.2. The Balaban J connectivity index is 2.30. The second-order valence-corrected chi connectivity index (χ2v) is 9.03. The van der Waals surface area contributed by atoms with Gasteiger partial charge in [0.1, 0.15) is 17.2 Å². The molecule has 6 heteroatoms. The van der Waals surface area contributed by atoms with Gasteiger partial charge in [-0.1, -0.05) is 30.3 Å². The summed E-state index contributed by atoms with van der Waals surface area (Å²) < 4.78 is 11.0. The van der Waals surface area contributed by atoms with Crippen LogP contribution in [0.2, 0.25) is 0 Å². The predicted octanol–water partition coefficient (Wildman–Crippen LogP) is 3.17. The molecule has 0 saturated carbocycles. The van der Waals surface area contributed by atoms with E-state index in [1.165, 1.54) is 4.90 Å². The summed E-state index contributed by atoms with van der Waals surface area (Å²) in [5, 5.41) is 10.6. The Labute approximate surface area is 161 Å². The minimum Gasteiger partial charge on any atom is -0.458 e. The van der Waals surface area contributed by atoms with E-state index in [1.54, 1.807) is 41.5 Å². The Morgan fingerprint density at radius 2 is 1.59 bits per heavy atom. The van der Waals surface area contributed by atoms with Crippen molar-refractivity contribution in [3.05, 3.63) is 35.9 Å². The Bertz CT molecular complexity index is 659. The van der Waals surface area contributed by atoms with Crippen LogP contribution in [0.1, 0.15) is 47.1 Å². The number of carbonyl (C=O) groups is 2. The quantitative estimate of drug-likeness (QED) is 0.819. The average molecular weight is 377 g/mol. The molecule has 0 unspecified atom stereocenters. The minimum absolute atomic E-state index is 0.0380. The number of nitrogens with zero attached hydrogens (tertiary/aromatic N) is 1. The second-order valence-electron chi connectivity index (χ2n) is 9.03. The summed E-state index contributed by atoms with van der Waals surface area (Å²) in [6, 6.07) is 8.71. The molecule has 27 heavy (non-hydrogen) atoms. The van der Waals surface area contributed by atoms with Crippen molar-refractivity contribution in [3.63, 3.8) is 0 Å². The number of β-amino-alcohol motifs (C(OH)–C–C–N with tert-alkyl or cyclic N) is 1. The molecule has 1 aromatic rings. The first-order valence-electron chi connectivity index (χ1n) is 9.32. The molecule has 0 spiro atoms. The summed E-state index contributed by atoms with van der Waals surface area (Å²) >= 11 is 0. The summed E-state index contributed by atoms with van der Waals surface area (Å²) in [5.41, 5.74) is -0.402. The van der Waals surface area contributed by atoms with Gasteiger partial charge in [0.25, 0.3) is 0 Å². The second kappa shape index (κ2) is 7.89. The molecular weight excluding hydrogens is 346 g/mol. The van der Waals surface area contributed by atoms with Gasteiger partial charge < -0.3 is 14.6 Å². The van der Waals surface area contributed by atoms with Gasteiger partial charge in [0.15, 0.2) is 0 Å². The third-order valence-corrected chi connectivity index (χ3v) is 4.21. The molecule has 150 valence electrons. The first-order chi connectivity index (χ1) is 12.4. The lowest BCUT2D eigenvalue weighted by molar-refractivity contribution is -0.161. The van der Waals surface area contributed by atoms with E-state index in [0.29, 0.717) is 6.42 Å². The van der Waals surface area contributed by atoms with E-state index in [0.717, 1.165) is 5.56 Å². The van der Waals surface area contributed by atoms with Crippen molar-refractivity contribution in [1.29, 1.82) is 0 Å². The Morgan fingerprint density at radius 1 is 1.04 bits per heavy atom. The minimum atomic E-state index is -0.894. The number of likely N-dealkylation sites (tertiary alicyclic amines) is 1. The molecule has 1 aliphatic rings. The number of amides is 1. The molecule has 0 aromatic heterocycles. The fourth-order valence-corrected chi connectivity index (χ4v) is 3.20. The number of aliphatic hydroxyl groups is 1. The summed E-state index contributed by atoms with van der Waals surface area (Å²) in [5.74, 6) is -0.986. The van der Waals surface area contributed by atoms with Crippen LogP contribution in [-0.4, -0.2) is 52.0 Å². The van der Waals surface area contributed by atoms with Gasteiger partial charge in [0.05, 0.1) is 12.6 Å². The van der Waals surface area contributed by atoms with Crippen molar-refractivity contribution in [1.82, 2.24) is 4.90 Å². The van der Waals surface area contributed by atoms with E-state index in [1.807, 2.05) is 30.3 Å². The zero-order valence-corrected chi connectivity index (χ0v) is 17.1. The summed E-state index contributed by atoms with van der Waals surface area (Å²) in [4.78, 5) is 26.9. The maximum absolute atomic E-state index is 12.9. The molecule has 1 fully saturated rings. The molecule has 0 radical (unpaired) electrons. The molecule has 0 aliphatic carbocycles.